The molecule has 3 nitrogen and oxygen atoms in total. The largest absolute Gasteiger partial charge is 0.427 e. The van der Waals surface area contributed by atoms with Gasteiger partial charge in [-0.15, -0.1) is 0 Å². The lowest BCUT2D eigenvalue weighted by molar-refractivity contribution is 0.227. The van der Waals surface area contributed by atoms with Crippen LogP contribution >= 0.6 is 0 Å². The van der Waals surface area contributed by atoms with Crippen molar-refractivity contribution in [3.8, 4) is 0 Å². The Morgan fingerprint density at radius 2 is 2.45 bits per heavy atom. The normalized spacial score (nSPS) is 26.9. The molecule has 2 N–H and O–H groups in total. The first-order valence-electron chi connectivity index (χ1n) is 4.31. The Bertz CT molecular complexity index is 111. The molecule has 1 rings (SSSR count). The Kier molecular flexibility index (Phi) is 3.90. The summed E-state index contributed by atoms with van der Waals surface area (Å²) in [6.45, 7) is 1.92. The van der Waals surface area contributed by atoms with Gasteiger partial charge in [-0.1, -0.05) is 6.42 Å². The molecule has 1 aliphatic heterocycles. The third-order valence-corrected chi connectivity index (χ3v) is 2.32. The van der Waals surface area contributed by atoms with Crippen LogP contribution in [0, 0.1) is 0 Å². The van der Waals surface area contributed by atoms with Crippen molar-refractivity contribution in [2.24, 2.45) is 5.73 Å². The highest BCUT2D eigenvalue weighted by molar-refractivity contribution is 6.23. The van der Waals surface area contributed by atoms with Crippen LogP contribution in [-0.4, -0.2) is 38.7 Å². The maximum Gasteiger partial charge on any atom is 0.363 e. The molecule has 0 spiro atoms. The second kappa shape index (κ2) is 4.75. The van der Waals surface area contributed by atoms with Gasteiger partial charge in [-0.2, -0.15) is 0 Å². The van der Waals surface area contributed by atoms with Crippen LogP contribution < -0.4 is 5.73 Å². The highest BCUT2D eigenvalue weighted by Gasteiger charge is 2.20. The van der Waals surface area contributed by atoms with Crippen LogP contribution in [0.15, 0.2) is 0 Å². The Hall–Kier alpha value is -0.0551. The fourth-order valence-corrected chi connectivity index (χ4v) is 1.66. The van der Waals surface area contributed by atoms with Crippen LogP contribution in [0.25, 0.3) is 0 Å². The van der Waals surface area contributed by atoms with E-state index in [2.05, 4.69) is 4.81 Å². The molecule has 1 heterocycles. The molecule has 11 heavy (non-hydrogen) atoms. The van der Waals surface area contributed by atoms with Gasteiger partial charge in [0.1, 0.15) is 0 Å². The minimum atomic E-state index is 0.559. The van der Waals surface area contributed by atoms with Crippen molar-refractivity contribution in [1.82, 2.24) is 4.81 Å². The fourth-order valence-electron chi connectivity index (χ4n) is 1.66. The molecule has 0 amide bonds. The summed E-state index contributed by atoms with van der Waals surface area (Å²) in [6.07, 6.45) is 3.85. The molecule has 1 aliphatic rings. The third kappa shape index (κ3) is 2.47. The van der Waals surface area contributed by atoms with Crippen LogP contribution in [-0.2, 0) is 4.65 Å². The van der Waals surface area contributed by atoms with Gasteiger partial charge in [0.25, 0.3) is 0 Å². The summed E-state index contributed by atoms with van der Waals surface area (Å²) in [6, 6.07) is 0.559. The summed E-state index contributed by atoms with van der Waals surface area (Å²) < 4.78 is 5.08. The zero-order chi connectivity index (χ0) is 8.10. The van der Waals surface area contributed by atoms with Gasteiger partial charge >= 0.3 is 7.62 Å². The molecule has 0 aliphatic carbocycles. The van der Waals surface area contributed by atoms with E-state index in [1.54, 1.807) is 7.11 Å². The van der Waals surface area contributed by atoms with E-state index >= 15 is 0 Å². The quantitative estimate of drug-likeness (QED) is 0.570. The van der Waals surface area contributed by atoms with E-state index < -0.39 is 0 Å². The standard InChI is InChI=1S/C7H17BN2O/c1-11-8-10-5-3-2-4-7(10)6-9/h7-8H,2-6,9H2,1H3. The zero-order valence-electron chi connectivity index (χ0n) is 7.25. The Labute approximate surface area is 69.2 Å². The predicted molar refractivity (Wildman–Crippen MR) is 47.6 cm³/mol. The molecule has 0 aromatic carbocycles. The molecular weight excluding hydrogens is 139 g/mol. The summed E-state index contributed by atoms with van der Waals surface area (Å²) in [5.41, 5.74) is 5.63. The highest BCUT2D eigenvalue weighted by Crippen LogP contribution is 2.14. The van der Waals surface area contributed by atoms with Crippen LogP contribution in [0.1, 0.15) is 19.3 Å². The second-order valence-electron chi connectivity index (χ2n) is 3.12. The summed E-state index contributed by atoms with van der Waals surface area (Å²) in [4.78, 5) is 2.32. The monoisotopic (exact) mass is 156 g/mol. The minimum absolute atomic E-state index is 0.559. The zero-order valence-corrected chi connectivity index (χ0v) is 7.25. The van der Waals surface area contributed by atoms with Gasteiger partial charge < -0.3 is 15.2 Å². The van der Waals surface area contributed by atoms with Crippen molar-refractivity contribution >= 4 is 7.62 Å². The Balaban J connectivity index is 2.31. The van der Waals surface area contributed by atoms with Crippen molar-refractivity contribution < 1.29 is 4.65 Å². The van der Waals surface area contributed by atoms with E-state index in [9.17, 15) is 0 Å². The molecule has 0 aromatic rings. The number of nitrogens with two attached hydrogens (primary N) is 1. The van der Waals surface area contributed by atoms with E-state index in [1.165, 1.54) is 19.3 Å². The lowest BCUT2D eigenvalue weighted by Gasteiger charge is -2.33. The molecule has 0 radical (unpaired) electrons. The number of piperidine rings is 1. The molecule has 1 fully saturated rings. The van der Waals surface area contributed by atoms with Crippen molar-refractivity contribution in [3.63, 3.8) is 0 Å². The Morgan fingerprint density at radius 1 is 1.64 bits per heavy atom. The van der Waals surface area contributed by atoms with Crippen molar-refractivity contribution in [3.05, 3.63) is 0 Å². The molecule has 1 unspecified atom stereocenters. The summed E-state index contributed by atoms with van der Waals surface area (Å²) in [7, 11) is 2.48. The van der Waals surface area contributed by atoms with Gasteiger partial charge in [0.15, 0.2) is 0 Å². The highest BCUT2D eigenvalue weighted by atomic mass is 16.4. The first-order valence-corrected chi connectivity index (χ1v) is 4.31. The van der Waals surface area contributed by atoms with E-state index in [4.69, 9.17) is 10.4 Å². The van der Waals surface area contributed by atoms with E-state index in [0.717, 1.165) is 20.7 Å². The van der Waals surface area contributed by atoms with Crippen molar-refractivity contribution in [1.29, 1.82) is 0 Å². The molecule has 0 saturated carbocycles. The molecule has 0 bridgehead atoms. The van der Waals surface area contributed by atoms with Gasteiger partial charge in [-0.25, -0.2) is 0 Å². The minimum Gasteiger partial charge on any atom is -0.427 e. The van der Waals surface area contributed by atoms with Crippen LogP contribution in [0.5, 0.6) is 0 Å². The van der Waals surface area contributed by atoms with Crippen LogP contribution in [0.3, 0.4) is 0 Å². The van der Waals surface area contributed by atoms with Gasteiger partial charge in [0.05, 0.1) is 0 Å². The van der Waals surface area contributed by atoms with E-state index in [1.807, 2.05) is 0 Å². The van der Waals surface area contributed by atoms with Gasteiger partial charge in [0, 0.05) is 19.7 Å². The number of rotatable bonds is 3. The second-order valence-corrected chi connectivity index (χ2v) is 3.12. The van der Waals surface area contributed by atoms with Gasteiger partial charge in [0.2, 0.25) is 0 Å². The Morgan fingerprint density at radius 3 is 3.09 bits per heavy atom. The van der Waals surface area contributed by atoms with E-state index in [-0.39, 0.29) is 0 Å². The number of nitrogens with zero attached hydrogens (tertiary/aromatic N) is 1. The third-order valence-electron chi connectivity index (χ3n) is 2.32. The molecule has 64 valence electrons. The number of hydrogen-bond acceptors (Lipinski definition) is 3. The molecule has 0 aromatic heterocycles. The lowest BCUT2D eigenvalue weighted by atomic mass is 9.96. The van der Waals surface area contributed by atoms with Crippen LogP contribution in [0.2, 0.25) is 0 Å². The maximum atomic E-state index is 5.63. The summed E-state index contributed by atoms with van der Waals surface area (Å²) >= 11 is 0. The first kappa shape index (κ1) is 9.04. The van der Waals surface area contributed by atoms with Gasteiger partial charge in [-0.3, -0.25) is 0 Å². The fraction of sp³-hybridized carbons (Fsp3) is 1.00. The van der Waals surface area contributed by atoms with Crippen molar-refractivity contribution in [2.45, 2.75) is 25.3 Å². The first-order chi connectivity index (χ1) is 5.38. The van der Waals surface area contributed by atoms with Gasteiger partial charge in [-0.05, 0) is 19.4 Å². The van der Waals surface area contributed by atoms with Crippen molar-refractivity contribution in [2.75, 3.05) is 20.2 Å². The molecule has 1 saturated heterocycles. The SMILES string of the molecule is COBN1CCCCC1CN. The molecule has 4 heteroatoms. The average molecular weight is 156 g/mol. The smallest absolute Gasteiger partial charge is 0.363 e. The maximum absolute atomic E-state index is 5.63. The number of hydrogen-bond donors (Lipinski definition) is 1. The predicted octanol–water partition coefficient (Wildman–Crippen LogP) is -0.288. The lowest BCUT2D eigenvalue weighted by Crippen LogP contribution is -2.46. The summed E-state index contributed by atoms with van der Waals surface area (Å²) in [5.74, 6) is 0. The van der Waals surface area contributed by atoms with E-state index in [0.29, 0.717) is 6.04 Å². The topological polar surface area (TPSA) is 38.5 Å². The molecule has 1 atom stereocenters. The van der Waals surface area contributed by atoms with Crippen LogP contribution in [0.4, 0.5) is 0 Å². The summed E-state index contributed by atoms with van der Waals surface area (Å²) in [5, 5.41) is 0. The average Bonchev–Trinajstić information content (AvgIpc) is 2.06. The molecular formula is C7H17BN2O.